The van der Waals surface area contributed by atoms with Crippen LogP contribution in [0.2, 0.25) is 0 Å². The van der Waals surface area contributed by atoms with E-state index >= 15 is 0 Å². The molecule has 0 aromatic heterocycles. The molecule has 1 aromatic carbocycles. The molecule has 0 saturated carbocycles. The van der Waals surface area contributed by atoms with Gasteiger partial charge in [0.05, 0.1) is 12.6 Å². The zero-order valence-electron chi connectivity index (χ0n) is 11.9. The minimum atomic E-state index is -0.469. The highest BCUT2D eigenvalue weighted by molar-refractivity contribution is 5.94. The van der Waals surface area contributed by atoms with E-state index in [0.717, 1.165) is 6.42 Å². The zero-order valence-corrected chi connectivity index (χ0v) is 12.7. The summed E-state index contributed by atoms with van der Waals surface area (Å²) in [4.78, 5) is 11.8. The quantitative estimate of drug-likeness (QED) is 0.722. The van der Waals surface area contributed by atoms with Gasteiger partial charge < -0.3 is 20.5 Å². The van der Waals surface area contributed by atoms with Crippen molar-refractivity contribution in [2.45, 2.75) is 25.8 Å². The van der Waals surface area contributed by atoms with E-state index in [9.17, 15) is 4.79 Å². The number of carbonyl (C=O) groups excluding carboxylic acids is 1. The molecule has 1 rings (SSSR count). The Labute approximate surface area is 126 Å². The van der Waals surface area contributed by atoms with E-state index in [0.29, 0.717) is 31.1 Å². The summed E-state index contributed by atoms with van der Waals surface area (Å²) >= 11 is 0. The van der Waals surface area contributed by atoms with Gasteiger partial charge in [0.2, 0.25) is 5.91 Å². The summed E-state index contributed by atoms with van der Waals surface area (Å²) < 4.78 is 10.4. The first-order valence-electron chi connectivity index (χ1n) is 6.45. The van der Waals surface area contributed by atoms with Crippen LogP contribution < -0.4 is 15.8 Å². The molecule has 0 spiro atoms. The van der Waals surface area contributed by atoms with Gasteiger partial charge in [-0.1, -0.05) is 19.4 Å². The lowest BCUT2D eigenvalue weighted by Gasteiger charge is -2.12. The second-order valence-electron chi connectivity index (χ2n) is 4.25. The normalized spacial score (nSPS) is 11.3. The fraction of sp³-hybridized carbons (Fsp3) is 0.500. The summed E-state index contributed by atoms with van der Waals surface area (Å²) in [6, 6.07) is 6.76. The Morgan fingerprint density at radius 3 is 2.80 bits per heavy atom. The fourth-order valence-corrected chi connectivity index (χ4v) is 1.58. The zero-order chi connectivity index (χ0) is 14.1. The Hall–Kier alpha value is -1.30. The minimum Gasteiger partial charge on any atom is -0.491 e. The van der Waals surface area contributed by atoms with Crippen molar-refractivity contribution in [1.82, 2.24) is 0 Å². The van der Waals surface area contributed by atoms with E-state index in [1.165, 1.54) is 0 Å². The molecule has 1 amide bonds. The maximum Gasteiger partial charge on any atom is 0.241 e. The monoisotopic (exact) mass is 302 g/mol. The van der Waals surface area contributed by atoms with Gasteiger partial charge in [0.25, 0.3) is 0 Å². The van der Waals surface area contributed by atoms with E-state index in [1.54, 1.807) is 19.2 Å². The van der Waals surface area contributed by atoms with Crippen molar-refractivity contribution in [2.75, 3.05) is 25.6 Å². The lowest BCUT2D eigenvalue weighted by atomic mass is 10.1. The molecule has 6 heteroatoms. The van der Waals surface area contributed by atoms with Crippen LogP contribution >= 0.6 is 12.4 Å². The number of carbonyl (C=O) groups is 1. The second-order valence-corrected chi connectivity index (χ2v) is 4.25. The predicted molar refractivity (Wildman–Crippen MR) is 82.6 cm³/mol. The summed E-state index contributed by atoms with van der Waals surface area (Å²) in [6.45, 7) is 3.00. The van der Waals surface area contributed by atoms with Crippen LogP contribution in [0, 0.1) is 0 Å². The number of benzene rings is 1. The molecule has 0 bridgehead atoms. The molecule has 0 aliphatic heterocycles. The summed E-state index contributed by atoms with van der Waals surface area (Å²) in [7, 11) is 1.62. The maximum atomic E-state index is 11.8. The summed E-state index contributed by atoms with van der Waals surface area (Å²) in [5.74, 6) is 0.523. The molecule has 1 atom stereocenters. The molecule has 0 heterocycles. The molecule has 20 heavy (non-hydrogen) atoms. The molecular formula is C14H23ClN2O3. The lowest BCUT2D eigenvalue weighted by Crippen LogP contribution is -2.35. The Morgan fingerprint density at radius 1 is 1.40 bits per heavy atom. The standard InChI is InChI=1S/C14H22N2O3.ClH/c1-3-5-13(15)14(17)16-11-6-4-7-12(10-11)19-9-8-18-2;/h4,6-7,10,13H,3,5,8-9,15H2,1-2H3,(H,16,17);1H. The summed E-state index contributed by atoms with van der Waals surface area (Å²) in [5.41, 5.74) is 6.44. The molecule has 0 saturated heterocycles. The molecule has 0 radical (unpaired) electrons. The van der Waals surface area contributed by atoms with Gasteiger partial charge in [-0.15, -0.1) is 12.4 Å². The molecule has 3 N–H and O–H groups in total. The third-order valence-electron chi connectivity index (χ3n) is 2.59. The van der Waals surface area contributed by atoms with Crippen LogP contribution in [0.1, 0.15) is 19.8 Å². The molecular weight excluding hydrogens is 280 g/mol. The third-order valence-corrected chi connectivity index (χ3v) is 2.59. The number of anilines is 1. The molecule has 1 unspecified atom stereocenters. The predicted octanol–water partition coefficient (Wildman–Crippen LogP) is 2.20. The van der Waals surface area contributed by atoms with Crippen molar-refractivity contribution in [3.63, 3.8) is 0 Å². The molecule has 1 aromatic rings. The second kappa shape index (κ2) is 10.5. The number of nitrogens with one attached hydrogen (secondary N) is 1. The Morgan fingerprint density at radius 2 is 2.15 bits per heavy atom. The van der Waals surface area contributed by atoms with Crippen molar-refractivity contribution in [3.8, 4) is 5.75 Å². The SMILES string of the molecule is CCCC(N)C(=O)Nc1cccc(OCCOC)c1.Cl. The number of rotatable bonds is 8. The molecule has 114 valence electrons. The first-order valence-corrected chi connectivity index (χ1v) is 6.45. The van der Waals surface area contributed by atoms with Crippen LogP contribution in [-0.4, -0.2) is 32.3 Å². The first kappa shape index (κ1) is 18.7. The van der Waals surface area contributed by atoms with Gasteiger partial charge >= 0.3 is 0 Å². The number of hydrogen-bond donors (Lipinski definition) is 2. The van der Waals surface area contributed by atoms with E-state index in [-0.39, 0.29) is 18.3 Å². The lowest BCUT2D eigenvalue weighted by molar-refractivity contribution is -0.117. The number of nitrogens with two attached hydrogens (primary N) is 1. The topological polar surface area (TPSA) is 73.6 Å². The van der Waals surface area contributed by atoms with E-state index in [1.807, 2.05) is 19.1 Å². The van der Waals surface area contributed by atoms with Crippen molar-refractivity contribution >= 4 is 24.0 Å². The molecule has 0 aliphatic rings. The fourth-order valence-electron chi connectivity index (χ4n) is 1.58. The minimum absolute atomic E-state index is 0. The average molecular weight is 303 g/mol. The smallest absolute Gasteiger partial charge is 0.241 e. The Bertz CT molecular complexity index is 402. The van der Waals surface area contributed by atoms with E-state index in [4.69, 9.17) is 15.2 Å². The Balaban J connectivity index is 0.00000361. The van der Waals surface area contributed by atoms with E-state index < -0.39 is 6.04 Å². The number of ether oxygens (including phenoxy) is 2. The summed E-state index contributed by atoms with van der Waals surface area (Å²) in [6.07, 6.45) is 1.56. The summed E-state index contributed by atoms with van der Waals surface area (Å²) in [5, 5.41) is 2.78. The first-order chi connectivity index (χ1) is 9.17. The van der Waals surface area contributed by atoms with Crippen molar-refractivity contribution < 1.29 is 14.3 Å². The van der Waals surface area contributed by atoms with Crippen LogP contribution in [0.3, 0.4) is 0 Å². The highest BCUT2D eigenvalue weighted by atomic mass is 35.5. The van der Waals surface area contributed by atoms with Gasteiger partial charge in [0.15, 0.2) is 0 Å². The van der Waals surface area contributed by atoms with Gasteiger partial charge in [-0.2, -0.15) is 0 Å². The van der Waals surface area contributed by atoms with Gasteiger partial charge in [-0.25, -0.2) is 0 Å². The van der Waals surface area contributed by atoms with E-state index in [2.05, 4.69) is 5.32 Å². The van der Waals surface area contributed by atoms with Crippen molar-refractivity contribution in [3.05, 3.63) is 24.3 Å². The molecule has 0 fully saturated rings. The number of amides is 1. The Kier molecular flexibility index (Phi) is 9.80. The van der Waals surface area contributed by atoms with Crippen molar-refractivity contribution in [1.29, 1.82) is 0 Å². The van der Waals surface area contributed by atoms with Crippen LogP contribution in [0.15, 0.2) is 24.3 Å². The van der Waals surface area contributed by atoms with Crippen molar-refractivity contribution in [2.24, 2.45) is 5.73 Å². The highest BCUT2D eigenvalue weighted by Crippen LogP contribution is 2.17. The maximum absolute atomic E-state index is 11.8. The van der Waals surface area contributed by atoms with Crippen LogP contribution in [0.5, 0.6) is 5.75 Å². The third kappa shape index (κ3) is 6.75. The largest absolute Gasteiger partial charge is 0.491 e. The van der Waals surface area contributed by atoms with Crippen LogP contribution in [-0.2, 0) is 9.53 Å². The molecule has 5 nitrogen and oxygen atoms in total. The van der Waals surface area contributed by atoms with Gasteiger partial charge in [-0.05, 0) is 18.6 Å². The van der Waals surface area contributed by atoms with Gasteiger partial charge in [0, 0.05) is 18.9 Å². The van der Waals surface area contributed by atoms with Gasteiger partial charge in [-0.3, -0.25) is 4.79 Å². The van der Waals surface area contributed by atoms with Crippen LogP contribution in [0.4, 0.5) is 5.69 Å². The number of halogens is 1. The van der Waals surface area contributed by atoms with Crippen LogP contribution in [0.25, 0.3) is 0 Å². The highest BCUT2D eigenvalue weighted by Gasteiger charge is 2.12. The molecule has 0 aliphatic carbocycles. The number of hydrogen-bond acceptors (Lipinski definition) is 4. The average Bonchev–Trinajstić information content (AvgIpc) is 2.40. The number of methoxy groups -OCH3 is 1. The van der Waals surface area contributed by atoms with Gasteiger partial charge in [0.1, 0.15) is 12.4 Å².